The highest BCUT2D eigenvalue weighted by Crippen LogP contribution is 2.52. The highest BCUT2D eigenvalue weighted by molar-refractivity contribution is 7.26. The van der Waals surface area contributed by atoms with Crippen LogP contribution in [-0.4, -0.2) is 15.0 Å². The second kappa shape index (κ2) is 11.9. The lowest BCUT2D eigenvalue weighted by Crippen LogP contribution is -2.17. The minimum atomic E-state index is -0.539. The molecule has 4 heteroatoms. The molecule has 0 bridgehead atoms. The van der Waals surface area contributed by atoms with Crippen LogP contribution >= 0.6 is 11.3 Å². The van der Waals surface area contributed by atoms with Crippen LogP contribution in [0.2, 0.25) is 0 Å². The van der Waals surface area contributed by atoms with Crippen molar-refractivity contribution in [2.24, 2.45) is 0 Å². The highest BCUT2D eigenvalue weighted by Gasteiger charge is 2.38. The van der Waals surface area contributed by atoms with Gasteiger partial charge in [-0.15, -0.1) is 11.3 Å². The molecule has 7 aromatic carbocycles. The lowest BCUT2D eigenvalue weighted by Gasteiger charge is -2.24. The minimum absolute atomic E-state index is 0.0583. The first-order valence-electron chi connectivity index (χ1n) is 21.9. The van der Waals surface area contributed by atoms with Crippen molar-refractivity contribution in [3.63, 3.8) is 0 Å². The smallest absolute Gasteiger partial charge is 0.164 e. The van der Waals surface area contributed by atoms with E-state index in [-0.39, 0.29) is 27.7 Å². The Morgan fingerprint density at radius 1 is 0.481 bits per heavy atom. The number of nitrogens with zero attached hydrogens (tertiary/aromatic N) is 3. The average molecular weight is 694 g/mol. The van der Waals surface area contributed by atoms with Crippen molar-refractivity contribution in [1.29, 1.82) is 0 Å². The molecule has 0 amide bonds. The zero-order chi connectivity index (χ0) is 43.5. The summed E-state index contributed by atoms with van der Waals surface area (Å²) in [6.45, 7) is 4.44. The molecule has 52 heavy (non-hydrogen) atoms. The van der Waals surface area contributed by atoms with Crippen LogP contribution in [0.1, 0.15) is 38.7 Å². The van der Waals surface area contributed by atoms with Crippen LogP contribution in [0.5, 0.6) is 0 Å². The summed E-state index contributed by atoms with van der Waals surface area (Å²) in [5.74, 6) is 1.46. The second-order valence-electron chi connectivity index (χ2n) is 13.3. The fourth-order valence-corrected chi connectivity index (χ4v) is 8.75. The van der Waals surface area contributed by atoms with Crippen molar-refractivity contribution in [2.45, 2.75) is 19.3 Å². The summed E-state index contributed by atoms with van der Waals surface area (Å²) < 4.78 is 87.0. The Balaban J connectivity index is 1.22. The predicted octanol–water partition coefficient (Wildman–Crippen LogP) is 12.9. The van der Waals surface area contributed by atoms with Gasteiger partial charge in [0.15, 0.2) is 17.5 Å². The van der Waals surface area contributed by atoms with Crippen molar-refractivity contribution >= 4 is 31.5 Å². The molecule has 1 aliphatic carbocycles. The Bertz CT molecular complexity index is 3340. The molecule has 0 saturated heterocycles. The fraction of sp³-hybridized carbons (Fsp3) is 0.0625. The summed E-state index contributed by atoms with van der Waals surface area (Å²) in [6.07, 6.45) is 0. The monoisotopic (exact) mass is 693 g/mol. The SMILES string of the molecule is [2H]c1c([2H])c([2H])c(-c2cc(-c3c([2H])c([2H])c([2H])c([2H])c3[2H])c3sc4cc(-c5nc(-c6ccccc6)nc(-c6cccc7c6C(C)(C)c6ccccc6-7)n5)ccc4c3c2)c([2H])c1[2H]. The van der Waals surface area contributed by atoms with Gasteiger partial charge in [-0.2, -0.15) is 0 Å². The maximum absolute atomic E-state index is 8.93. The number of rotatable bonds is 5. The molecule has 9 aromatic rings. The third-order valence-corrected chi connectivity index (χ3v) is 11.1. The van der Waals surface area contributed by atoms with Crippen LogP contribution in [0.4, 0.5) is 0 Å². The molecule has 0 N–H and O–H groups in total. The van der Waals surface area contributed by atoms with E-state index in [0.717, 1.165) is 32.3 Å². The first-order chi connectivity index (χ1) is 29.7. The molecule has 10 rings (SSSR count). The van der Waals surface area contributed by atoms with Gasteiger partial charge < -0.3 is 0 Å². The molecule has 2 aromatic heterocycles. The Hall–Kier alpha value is -6.23. The first-order valence-corrected chi connectivity index (χ1v) is 17.7. The van der Waals surface area contributed by atoms with Crippen LogP contribution in [0, 0.1) is 0 Å². The van der Waals surface area contributed by atoms with Gasteiger partial charge in [0.2, 0.25) is 0 Å². The predicted molar refractivity (Wildman–Crippen MR) is 217 cm³/mol. The van der Waals surface area contributed by atoms with Gasteiger partial charge >= 0.3 is 0 Å². The van der Waals surface area contributed by atoms with Gasteiger partial charge in [0.25, 0.3) is 0 Å². The molecule has 0 unspecified atom stereocenters. The Morgan fingerprint density at radius 3 is 1.92 bits per heavy atom. The molecule has 246 valence electrons. The summed E-state index contributed by atoms with van der Waals surface area (Å²) in [5, 5.41) is 1.36. The van der Waals surface area contributed by atoms with Crippen LogP contribution < -0.4 is 0 Å². The van der Waals surface area contributed by atoms with Crippen molar-refractivity contribution in [3.8, 4) is 67.5 Å². The van der Waals surface area contributed by atoms with Crippen molar-refractivity contribution in [2.75, 3.05) is 0 Å². The first kappa shape index (κ1) is 21.9. The van der Waals surface area contributed by atoms with Gasteiger partial charge in [0, 0.05) is 47.8 Å². The summed E-state index contributed by atoms with van der Waals surface area (Å²) in [7, 11) is 0. The second-order valence-corrected chi connectivity index (χ2v) is 14.3. The summed E-state index contributed by atoms with van der Waals surface area (Å²) in [6, 6.07) is 28.7. The molecule has 0 fully saturated rings. The molecule has 1 aliphatic rings. The molecule has 0 spiro atoms. The Labute approximate surface area is 321 Å². The molecule has 0 saturated carbocycles. The van der Waals surface area contributed by atoms with Crippen LogP contribution in [0.3, 0.4) is 0 Å². The van der Waals surface area contributed by atoms with Gasteiger partial charge in [-0.3, -0.25) is 0 Å². The van der Waals surface area contributed by atoms with Crippen molar-refractivity contribution in [3.05, 3.63) is 175 Å². The maximum atomic E-state index is 8.93. The third-order valence-electron chi connectivity index (χ3n) is 9.88. The van der Waals surface area contributed by atoms with E-state index in [1.165, 1.54) is 22.5 Å². The van der Waals surface area contributed by atoms with Crippen LogP contribution in [0.15, 0.2) is 164 Å². The van der Waals surface area contributed by atoms with Crippen molar-refractivity contribution < 1.29 is 13.7 Å². The van der Waals surface area contributed by atoms with Crippen LogP contribution in [0.25, 0.3) is 87.7 Å². The Kier molecular flexibility index (Phi) is 5.02. The molecular formula is C48H33N3S. The number of benzene rings is 7. The van der Waals surface area contributed by atoms with Crippen LogP contribution in [-0.2, 0) is 5.41 Å². The topological polar surface area (TPSA) is 38.7 Å². The Morgan fingerprint density at radius 2 is 1.13 bits per heavy atom. The molecule has 0 atom stereocenters. The summed E-state index contributed by atoms with van der Waals surface area (Å²) in [5.41, 5.74) is 7.16. The molecule has 0 aliphatic heterocycles. The van der Waals surface area contributed by atoms with Gasteiger partial charge in [-0.1, -0.05) is 159 Å². The van der Waals surface area contributed by atoms with Gasteiger partial charge in [0.1, 0.15) is 0 Å². The fourth-order valence-electron chi connectivity index (χ4n) is 7.50. The van der Waals surface area contributed by atoms with E-state index in [9.17, 15) is 0 Å². The molecule has 3 nitrogen and oxygen atoms in total. The summed E-state index contributed by atoms with van der Waals surface area (Å²) in [4.78, 5) is 15.3. The van der Waals surface area contributed by atoms with E-state index in [4.69, 9.17) is 28.7 Å². The van der Waals surface area contributed by atoms with Gasteiger partial charge in [-0.25, -0.2) is 15.0 Å². The zero-order valence-electron chi connectivity index (χ0n) is 38.1. The number of hydrogen-bond acceptors (Lipinski definition) is 4. The zero-order valence-corrected chi connectivity index (χ0v) is 28.9. The standard InChI is InChI=1S/C48H33N3S/c1-48(2)41-24-13-12-21-35(41)37-22-14-23-38(43(37)48)47-50-45(32-19-10-5-11-20-32)49-46(51-47)33-25-26-36-40-28-34(30-15-6-3-7-16-30)27-39(31-17-8-4-9-18-31)44(40)52-42(36)29-33/h3-29H,1-2H3/i3D,4D,6D,7D,8D,9D,15D,16D,17D,18D. The number of hydrogen-bond donors (Lipinski definition) is 0. The lowest BCUT2D eigenvalue weighted by atomic mass is 9.80. The minimum Gasteiger partial charge on any atom is -0.208 e. The lowest BCUT2D eigenvalue weighted by molar-refractivity contribution is 0.661. The quantitative estimate of drug-likeness (QED) is 0.180. The normalized spacial score (nSPS) is 15.7. The highest BCUT2D eigenvalue weighted by atomic mass is 32.1. The van der Waals surface area contributed by atoms with Gasteiger partial charge in [0.05, 0.1) is 13.7 Å². The molecular weight excluding hydrogens is 651 g/mol. The maximum Gasteiger partial charge on any atom is 0.164 e. The van der Waals surface area contributed by atoms with E-state index in [0.29, 0.717) is 33.1 Å². The number of fused-ring (bicyclic) bond motifs is 6. The van der Waals surface area contributed by atoms with Crippen molar-refractivity contribution in [1.82, 2.24) is 15.0 Å². The average Bonchev–Trinajstić information content (AvgIpc) is 3.78. The van der Waals surface area contributed by atoms with E-state index < -0.39 is 60.4 Å². The molecule has 2 heterocycles. The molecule has 0 radical (unpaired) electrons. The van der Waals surface area contributed by atoms with E-state index in [1.807, 2.05) is 54.6 Å². The van der Waals surface area contributed by atoms with E-state index in [2.05, 4.69) is 50.2 Å². The van der Waals surface area contributed by atoms with E-state index in [1.54, 1.807) is 12.1 Å². The number of thiophene rings is 1. The largest absolute Gasteiger partial charge is 0.208 e. The van der Waals surface area contributed by atoms with Gasteiger partial charge in [-0.05, 0) is 57.1 Å². The van der Waals surface area contributed by atoms with E-state index >= 15 is 0 Å². The summed E-state index contributed by atoms with van der Waals surface area (Å²) >= 11 is 1.35. The third kappa shape index (κ3) is 4.90. The number of aromatic nitrogens is 3.